The number of nitrogens with one attached hydrogen (secondary N) is 1. The van der Waals surface area contributed by atoms with Crippen LogP contribution in [0.25, 0.3) is 0 Å². The highest BCUT2D eigenvalue weighted by molar-refractivity contribution is 6.23. The van der Waals surface area contributed by atoms with E-state index >= 15 is 0 Å². The van der Waals surface area contributed by atoms with Gasteiger partial charge in [-0.1, -0.05) is 0 Å². The van der Waals surface area contributed by atoms with Gasteiger partial charge in [-0.05, 0) is 56.5 Å². The van der Waals surface area contributed by atoms with Gasteiger partial charge in [-0.3, -0.25) is 33.9 Å². The summed E-state index contributed by atoms with van der Waals surface area (Å²) in [6.07, 6.45) is 2.85. The molecule has 200 valence electrons. The van der Waals surface area contributed by atoms with Crippen LogP contribution in [0, 0.1) is 5.92 Å². The molecule has 0 bridgehead atoms. The number of likely N-dealkylation sites (tertiary alicyclic amines) is 1. The highest BCUT2D eigenvalue weighted by Gasteiger charge is 2.42. The van der Waals surface area contributed by atoms with Gasteiger partial charge < -0.3 is 20.1 Å². The molecule has 3 aliphatic heterocycles. The van der Waals surface area contributed by atoms with E-state index in [9.17, 15) is 24.0 Å². The lowest BCUT2D eigenvalue weighted by Crippen LogP contribution is -2.49. The normalized spacial score (nSPS) is 20.1. The maximum atomic E-state index is 13.2. The van der Waals surface area contributed by atoms with Crippen molar-refractivity contribution in [1.29, 1.82) is 0 Å². The molecule has 11 heteroatoms. The standard InChI is InChI=1S/C26H35N5O6/c1-27-24(35)22(3-2-14-32)31-25(36)20-5-4-19(15-21(20)26(31)37)30-12-10-29(11-13-30)16-18-6-8-28(9-7-18)17-23(33)34/h4-5,14-15,18,22H,2-3,6-13,16-17H2,1H3,(H,27,35)(H,33,34). The molecule has 2 N–H and O–H groups in total. The minimum atomic E-state index is -1.02. The van der Waals surface area contributed by atoms with Crippen LogP contribution in [-0.2, 0) is 14.4 Å². The number of imide groups is 1. The Bertz CT molecular complexity index is 1050. The van der Waals surface area contributed by atoms with Crippen molar-refractivity contribution < 1.29 is 29.1 Å². The summed E-state index contributed by atoms with van der Waals surface area (Å²) in [6, 6.07) is 4.22. The Kier molecular flexibility index (Phi) is 8.55. The van der Waals surface area contributed by atoms with E-state index < -0.39 is 29.7 Å². The smallest absolute Gasteiger partial charge is 0.317 e. The number of carbonyl (C=O) groups is 5. The monoisotopic (exact) mass is 513 g/mol. The quantitative estimate of drug-likeness (QED) is 0.335. The Morgan fingerprint density at radius 3 is 2.32 bits per heavy atom. The van der Waals surface area contributed by atoms with Crippen LogP contribution in [0.4, 0.5) is 5.69 Å². The number of hydrogen-bond acceptors (Lipinski definition) is 8. The van der Waals surface area contributed by atoms with Crippen LogP contribution in [0.1, 0.15) is 46.4 Å². The molecule has 11 nitrogen and oxygen atoms in total. The third kappa shape index (κ3) is 5.99. The number of anilines is 1. The number of likely N-dealkylation sites (N-methyl/N-ethyl adjacent to an activating group) is 1. The molecule has 0 aromatic heterocycles. The summed E-state index contributed by atoms with van der Waals surface area (Å²) in [6.45, 7) is 6.13. The maximum Gasteiger partial charge on any atom is 0.317 e. The maximum absolute atomic E-state index is 13.2. The number of aldehydes is 1. The first kappa shape index (κ1) is 26.7. The van der Waals surface area contributed by atoms with Crippen LogP contribution in [0.3, 0.4) is 0 Å². The first-order chi connectivity index (χ1) is 17.8. The molecular weight excluding hydrogens is 478 g/mol. The summed E-state index contributed by atoms with van der Waals surface area (Å²) >= 11 is 0. The lowest BCUT2D eigenvalue weighted by atomic mass is 9.96. The molecule has 1 aromatic carbocycles. The van der Waals surface area contributed by atoms with Crippen LogP contribution < -0.4 is 10.2 Å². The summed E-state index contributed by atoms with van der Waals surface area (Å²) < 4.78 is 0. The number of rotatable bonds is 10. The van der Waals surface area contributed by atoms with E-state index in [1.165, 1.54) is 7.05 Å². The van der Waals surface area contributed by atoms with Gasteiger partial charge in [0.05, 0.1) is 17.7 Å². The largest absolute Gasteiger partial charge is 0.480 e. The van der Waals surface area contributed by atoms with Crippen molar-refractivity contribution >= 4 is 35.7 Å². The average molecular weight is 514 g/mol. The van der Waals surface area contributed by atoms with Crippen LogP contribution in [0.2, 0.25) is 0 Å². The Morgan fingerprint density at radius 2 is 1.70 bits per heavy atom. The fourth-order valence-corrected chi connectivity index (χ4v) is 5.57. The molecule has 4 rings (SSSR count). The number of amides is 3. The molecule has 0 aliphatic carbocycles. The van der Waals surface area contributed by atoms with Crippen molar-refractivity contribution in [2.75, 3.05) is 64.3 Å². The Hall–Kier alpha value is -3.31. The van der Waals surface area contributed by atoms with E-state index in [2.05, 4.69) is 15.1 Å². The molecule has 1 unspecified atom stereocenters. The molecule has 2 fully saturated rings. The lowest BCUT2D eigenvalue weighted by Gasteiger charge is -2.39. The summed E-state index contributed by atoms with van der Waals surface area (Å²) in [7, 11) is 1.44. The van der Waals surface area contributed by atoms with Crippen molar-refractivity contribution in [3.63, 3.8) is 0 Å². The number of carboxylic acid groups (broad SMARTS) is 1. The van der Waals surface area contributed by atoms with Crippen molar-refractivity contribution in [3.8, 4) is 0 Å². The highest BCUT2D eigenvalue weighted by atomic mass is 16.4. The van der Waals surface area contributed by atoms with Gasteiger partial charge in [0.2, 0.25) is 5.91 Å². The molecule has 37 heavy (non-hydrogen) atoms. The zero-order valence-corrected chi connectivity index (χ0v) is 21.2. The number of benzene rings is 1. The van der Waals surface area contributed by atoms with Crippen LogP contribution in [-0.4, -0.2) is 115 Å². The van der Waals surface area contributed by atoms with E-state index in [-0.39, 0.29) is 30.5 Å². The van der Waals surface area contributed by atoms with Crippen LogP contribution in [0.15, 0.2) is 18.2 Å². The van der Waals surface area contributed by atoms with E-state index in [0.29, 0.717) is 12.2 Å². The van der Waals surface area contributed by atoms with Crippen molar-refractivity contribution in [3.05, 3.63) is 29.3 Å². The van der Waals surface area contributed by atoms with Gasteiger partial charge in [0.15, 0.2) is 0 Å². The van der Waals surface area contributed by atoms with Gasteiger partial charge in [-0.25, -0.2) is 0 Å². The highest BCUT2D eigenvalue weighted by Crippen LogP contribution is 2.30. The number of aliphatic carboxylic acids is 1. The summed E-state index contributed by atoms with van der Waals surface area (Å²) in [5, 5.41) is 11.5. The summed E-state index contributed by atoms with van der Waals surface area (Å²) in [5.41, 5.74) is 1.44. The minimum absolute atomic E-state index is 0.0719. The first-order valence-electron chi connectivity index (χ1n) is 12.9. The van der Waals surface area contributed by atoms with E-state index in [4.69, 9.17) is 5.11 Å². The third-order valence-electron chi connectivity index (χ3n) is 7.64. The van der Waals surface area contributed by atoms with Gasteiger partial charge in [0.25, 0.3) is 11.8 Å². The van der Waals surface area contributed by atoms with Gasteiger partial charge in [0, 0.05) is 51.9 Å². The molecule has 0 radical (unpaired) electrons. The van der Waals surface area contributed by atoms with Gasteiger partial charge in [-0.15, -0.1) is 0 Å². The predicted octanol–water partition coefficient (Wildman–Crippen LogP) is 0.295. The Balaban J connectivity index is 1.35. The average Bonchev–Trinajstić information content (AvgIpc) is 3.14. The molecule has 0 saturated carbocycles. The second-order valence-corrected chi connectivity index (χ2v) is 9.99. The van der Waals surface area contributed by atoms with Gasteiger partial charge >= 0.3 is 5.97 Å². The second-order valence-electron chi connectivity index (χ2n) is 9.99. The van der Waals surface area contributed by atoms with Crippen molar-refractivity contribution in [2.24, 2.45) is 5.92 Å². The molecule has 0 spiro atoms. The second kappa shape index (κ2) is 11.8. The fraction of sp³-hybridized carbons (Fsp3) is 0.577. The summed E-state index contributed by atoms with van der Waals surface area (Å²) in [5.74, 6) is -1.69. The molecule has 2 saturated heterocycles. The summed E-state index contributed by atoms with van der Waals surface area (Å²) in [4.78, 5) is 68.0. The Labute approximate surface area is 216 Å². The first-order valence-corrected chi connectivity index (χ1v) is 12.9. The number of piperazine rings is 1. The van der Waals surface area contributed by atoms with Crippen molar-refractivity contribution in [2.45, 2.75) is 31.7 Å². The van der Waals surface area contributed by atoms with Crippen LogP contribution >= 0.6 is 0 Å². The van der Waals surface area contributed by atoms with E-state index in [1.54, 1.807) is 12.1 Å². The molecule has 1 atom stereocenters. The molecule has 3 aliphatic rings. The van der Waals surface area contributed by atoms with E-state index in [0.717, 1.165) is 69.2 Å². The number of hydrogen-bond donors (Lipinski definition) is 2. The molecule has 3 heterocycles. The predicted molar refractivity (Wildman–Crippen MR) is 136 cm³/mol. The molecule has 3 amide bonds. The lowest BCUT2D eigenvalue weighted by molar-refractivity contribution is -0.138. The molecular formula is C26H35N5O6. The van der Waals surface area contributed by atoms with Gasteiger partial charge in [-0.2, -0.15) is 0 Å². The van der Waals surface area contributed by atoms with Crippen LogP contribution in [0.5, 0.6) is 0 Å². The zero-order valence-electron chi connectivity index (χ0n) is 21.2. The fourth-order valence-electron chi connectivity index (χ4n) is 5.57. The number of fused-ring (bicyclic) bond motifs is 1. The zero-order chi connectivity index (χ0) is 26.5. The molecule has 1 aromatic rings. The number of carbonyl (C=O) groups excluding carboxylic acids is 4. The van der Waals surface area contributed by atoms with E-state index in [1.807, 2.05) is 11.0 Å². The van der Waals surface area contributed by atoms with Crippen molar-refractivity contribution in [1.82, 2.24) is 20.0 Å². The minimum Gasteiger partial charge on any atom is -0.480 e. The number of nitrogens with zero attached hydrogens (tertiary/aromatic N) is 4. The van der Waals surface area contributed by atoms with Gasteiger partial charge in [0.1, 0.15) is 12.3 Å². The SMILES string of the molecule is CNC(=O)C(CCC=O)N1C(=O)c2ccc(N3CCN(CC4CCN(CC(=O)O)CC4)CC3)cc2C1=O. The topological polar surface area (TPSA) is 131 Å². The number of piperidine rings is 1. The number of carboxylic acids is 1. The third-order valence-corrected chi connectivity index (χ3v) is 7.64. The Morgan fingerprint density at radius 1 is 1.03 bits per heavy atom.